The zero-order valence-electron chi connectivity index (χ0n) is 10.2. The molecular weight excluding hydrogens is 220 g/mol. The first-order chi connectivity index (χ1) is 8.29. The Labute approximate surface area is 102 Å². The van der Waals surface area contributed by atoms with Gasteiger partial charge in [0.15, 0.2) is 5.84 Å². The van der Waals surface area contributed by atoms with Gasteiger partial charge in [0.05, 0.1) is 13.2 Å². The fourth-order valence-corrected chi connectivity index (χ4v) is 2.56. The van der Waals surface area contributed by atoms with Crippen LogP contribution in [0.4, 0.5) is 0 Å². The minimum Gasteiger partial charge on any atom is -0.409 e. The van der Waals surface area contributed by atoms with Crippen LogP contribution in [0.2, 0.25) is 0 Å². The number of nitrogens with zero attached hydrogens (tertiary/aromatic N) is 3. The van der Waals surface area contributed by atoms with Crippen molar-refractivity contribution >= 4 is 5.84 Å². The highest BCUT2D eigenvalue weighted by molar-refractivity contribution is 5.81. The van der Waals surface area contributed by atoms with Crippen LogP contribution in [-0.4, -0.2) is 72.8 Å². The summed E-state index contributed by atoms with van der Waals surface area (Å²) >= 11 is 0. The van der Waals surface area contributed by atoms with Crippen molar-refractivity contribution in [2.75, 3.05) is 45.9 Å². The lowest BCUT2D eigenvalue weighted by Crippen LogP contribution is -2.53. The zero-order valence-corrected chi connectivity index (χ0v) is 10.2. The summed E-state index contributed by atoms with van der Waals surface area (Å²) in [6, 6.07) is 0.592. The molecule has 0 aliphatic carbocycles. The molecule has 2 aliphatic rings. The van der Waals surface area contributed by atoms with Crippen LogP contribution >= 0.6 is 0 Å². The van der Waals surface area contributed by atoms with E-state index in [0.29, 0.717) is 18.4 Å². The van der Waals surface area contributed by atoms with Gasteiger partial charge in [-0.15, -0.1) is 0 Å². The van der Waals surface area contributed by atoms with Crippen LogP contribution in [-0.2, 0) is 4.74 Å². The van der Waals surface area contributed by atoms with Crippen LogP contribution in [0.5, 0.6) is 0 Å². The van der Waals surface area contributed by atoms with E-state index < -0.39 is 0 Å². The van der Waals surface area contributed by atoms with Crippen LogP contribution in [0, 0.1) is 0 Å². The van der Waals surface area contributed by atoms with Crippen molar-refractivity contribution in [3.05, 3.63) is 0 Å². The largest absolute Gasteiger partial charge is 0.409 e. The standard InChI is InChI=1S/C11H22N4O2/c12-11(13-16)8-14-3-5-15(6-4-14)10-2-1-7-17-9-10/h10,16H,1-9H2,(H2,12,13). The van der Waals surface area contributed by atoms with Gasteiger partial charge in [-0.2, -0.15) is 0 Å². The Morgan fingerprint density at radius 2 is 2.12 bits per heavy atom. The molecule has 98 valence electrons. The minimum atomic E-state index is 0.291. The lowest BCUT2D eigenvalue weighted by Gasteiger charge is -2.40. The molecule has 0 aromatic carbocycles. The first-order valence-electron chi connectivity index (χ1n) is 6.30. The lowest BCUT2D eigenvalue weighted by atomic mass is 10.1. The molecule has 2 aliphatic heterocycles. The van der Waals surface area contributed by atoms with Gasteiger partial charge in [0.1, 0.15) is 0 Å². The highest BCUT2D eigenvalue weighted by Crippen LogP contribution is 2.15. The van der Waals surface area contributed by atoms with Crippen molar-refractivity contribution in [3.8, 4) is 0 Å². The maximum atomic E-state index is 8.53. The third-order valence-corrected chi connectivity index (χ3v) is 3.57. The van der Waals surface area contributed by atoms with Gasteiger partial charge >= 0.3 is 0 Å². The Balaban J connectivity index is 1.73. The Morgan fingerprint density at radius 1 is 1.35 bits per heavy atom. The van der Waals surface area contributed by atoms with E-state index in [1.807, 2.05) is 0 Å². The normalized spacial score (nSPS) is 29.4. The first kappa shape index (κ1) is 12.6. The minimum absolute atomic E-state index is 0.291. The highest BCUT2D eigenvalue weighted by Gasteiger charge is 2.25. The van der Waals surface area contributed by atoms with Crippen molar-refractivity contribution in [1.82, 2.24) is 9.80 Å². The van der Waals surface area contributed by atoms with Gasteiger partial charge < -0.3 is 15.7 Å². The molecule has 0 aromatic rings. The molecule has 0 spiro atoms. The molecule has 2 rings (SSSR count). The monoisotopic (exact) mass is 242 g/mol. The van der Waals surface area contributed by atoms with E-state index in [2.05, 4.69) is 15.0 Å². The van der Waals surface area contributed by atoms with Crippen molar-refractivity contribution in [2.24, 2.45) is 10.9 Å². The van der Waals surface area contributed by atoms with Crippen LogP contribution in [0.15, 0.2) is 5.16 Å². The second-order valence-corrected chi connectivity index (χ2v) is 4.77. The fourth-order valence-electron chi connectivity index (χ4n) is 2.56. The van der Waals surface area contributed by atoms with E-state index in [0.717, 1.165) is 39.4 Å². The predicted octanol–water partition coefficient (Wildman–Crippen LogP) is -0.471. The van der Waals surface area contributed by atoms with E-state index in [4.69, 9.17) is 15.7 Å². The summed E-state index contributed by atoms with van der Waals surface area (Å²) in [6.07, 6.45) is 2.43. The summed E-state index contributed by atoms with van der Waals surface area (Å²) < 4.78 is 5.52. The molecule has 2 saturated heterocycles. The molecule has 0 amide bonds. The smallest absolute Gasteiger partial charge is 0.153 e. The summed E-state index contributed by atoms with van der Waals surface area (Å²) in [7, 11) is 0. The van der Waals surface area contributed by atoms with E-state index in [1.54, 1.807) is 0 Å². The van der Waals surface area contributed by atoms with Gasteiger partial charge in [0.25, 0.3) is 0 Å². The van der Waals surface area contributed by atoms with E-state index >= 15 is 0 Å². The van der Waals surface area contributed by atoms with Crippen molar-refractivity contribution in [1.29, 1.82) is 0 Å². The molecule has 1 atom stereocenters. The molecule has 6 heteroatoms. The SMILES string of the molecule is NC(CN1CCN(C2CCCOC2)CC1)=NO. The molecule has 0 saturated carbocycles. The summed E-state index contributed by atoms with van der Waals surface area (Å²) in [5, 5.41) is 11.5. The quantitative estimate of drug-likeness (QED) is 0.303. The number of hydrogen-bond donors (Lipinski definition) is 2. The average Bonchev–Trinajstić information content (AvgIpc) is 2.40. The predicted molar refractivity (Wildman–Crippen MR) is 65.3 cm³/mol. The third-order valence-electron chi connectivity index (χ3n) is 3.57. The summed E-state index contributed by atoms with van der Waals surface area (Å²) in [6.45, 7) is 6.41. The lowest BCUT2D eigenvalue weighted by molar-refractivity contribution is 0.000267. The van der Waals surface area contributed by atoms with Crippen LogP contribution in [0.3, 0.4) is 0 Å². The number of rotatable bonds is 3. The van der Waals surface area contributed by atoms with Crippen LogP contribution in [0.25, 0.3) is 0 Å². The number of amidine groups is 1. The molecule has 0 bridgehead atoms. The van der Waals surface area contributed by atoms with Gasteiger partial charge in [0.2, 0.25) is 0 Å². The van der Waals surface area contributed by atoms with E-state index in [1.165, 1.54) is 12.8 Å². The molecule has 0 radical (unpaired) electrons. The molecule has 17 heavy (non-hydrogen) atoms. The molecule has 2 heterocycles. The van der Waals surface area contributed by atoms with Crippen molar-refractivity contribution in [2.45, 2.75) is 18.9 Å². The van der Waals surface area contributed by atoms with Gasteiger partial charge in [-0.1, -0.05) is 5.16 Å². The highest BCUT2D eigenvalue weighted by atomic mass is 16.5. The molecule has 3 N–H and O–H groups in total. The Hall–Kier alpha value is -0.850. The summed E-state index contributed by atoms with van der Waals surface area (Å²) in [5.41, 5.74) is 5.51. The third kappa shape index (κ3) is 3.55. The number of piperazine rings is 1. The number of ether oxygens (including phenoxy) is 1. The van der Waals surface area contributed by atoms with Crippen LogP contribution < -0.4 is 5.73 Å². The van der Waals surface area contributed by atoms with Gasteiger partial charge in [-0.25, -0.2) is 0 Å². The van der Waals surface area contributed by atoms with Crippen molar-refractivity contribution in [3.63, 3.8) is 0 Å². The van der Waals surface area contributed by atoms with Crippen molar-refractivity contribution < 1.29 is 9.94 Å². The number of nitrogens with two attached hydrogens (primary N) is 1. The van der Waals surface area contributed by atoms with Gasteiger partial charge in [0, 0.05) is 38.8 Å². The number of oxime groups is 1. The Bertz CT molecular complexity index is 258. The second-order valence-electron chi connectivity index (χ2n) is 4.77. The first-order valence-corrected chi connectivity index (χ1v) is 6.30. The number of hydrogen-bond acceptors (Lipinski definition) is 5. The molecular formula is C11H22N4O2. The fraction of sp³-hybridized carbons (Fsp3) is 0.909. The van der Waals surface area contributed by atoms with E-state index in [-0.39, 0.29) is 0 Å². The molecule has 2 fully saturated rings. The van der Waals surface area contributed by atoms with Crippen LogP contribution in [0.1, 0.15) is 12.8 Å². The Kier molecular flexibility index (Phi) is 4.58. The molecule has 6 nitrogen and oxygen atoms in total. The molecule has 0 aromatic heterocycles. The molecule has 1 unspecified atom stereocenters. The summed E-state index contributed by atoms with van der Waals surface area (Å²) in [5.74, 6) is 0.291. The Morgan fingerprint density at radius 3 is 2.71 bits per heavy atom. The van der Waals surface area contributed by atoms with Gasteiger partial charge in [-0.05, 0) is 12.8 Å². The maximum absolute atomic E-state index is 8.53. The van der Waals surface area contributed by atoms with Gasteiger partial charge in [-0.3, -0.25) is 9.80 Å². The topological polar surface area (TPSA) is 74.3 Å². The summed E-state index contributed by atoms with van der Waals surface area (Å²) in [4.78, 5) is 4.72. The maximum Gasteiger partial charge on any atom is 0.153 e. The van der Waals surface area contributed by atoms with E-state index in [9.17, 15) is 0 Å². The average molecular weight is 242 g/mol. The zero-order chi connectivity index (χ0) is 12.1. The second kappa shape index (κ2) is 6.18.